The molecule has 0 aromatic heterocycles. The number of carbonyl (C=O) groups excluding carboxylic acids is 1. The van der Waals surface area contributed by atoms with Crippen LogP contribution in [0.1, 0.15) is 63.1 Å². The van der Waals surface area contributed by atoms with Crippen molar-refractivity contribution in [1.29, 1.82) is 0 Å². The summed E-state index contributed by atoms with van der Waals surface area (Å²) in [5.41, 5.74) is 9.86. The van der Waals surface area contributed by atoms with Gasteiger partial charge in [0.05, 0.1) is 0 Å². The zero-order chi connectivity index (χ0) is 14.5. The number of carbonyl (C=O) groups is 1. The van der Waals surface area contributed by atoms with Gasteiger partial charge in [-0.3, -0.25) is 4.79 Å². The summed E-state index contributed by atoms with van der Waals surface area (Å²) in [5.74, 6) is 0.662. The average molecular weight is 274 g/mol. The van der Waals surface area contributed by atoms with Crippen molar-refractivity contribution < 1.29 is 4.79 Å². The minimum absolute atomic E-state index is 0.106. The lowest BCUT2D eigenvalue weighted by molar-refractivity contribution is -0.116. The van der Waals surface area contributed by atoms with E-state index in [2.05, 4.69) is 31.3 Å². The minimum Gasteiger partial charge on any atom is -0.326 e. The summed E-state index contributed by atoms with van der Waals surface area (Å²) in [6, 6.07) is 6.38. The van der Waals surface area contributed by atoms with Gasteiger partial charge in [0, 0.05) is 18.2 Å². The summed E-state index contributed by atoms with van der Waals surface area (Å²) in [6.07, 6.45) is 6.19. The quantitative estimate of drug-likeness (QED) is 0.829. The zero-order valence-corrected chi connectivity index (χ0v) is 12.6. The van der Waals surface area contributed by atoms with Crippen LogP contribution in [0.15, 0.2) is 18.2 Å². The van der Waals surface area contributed by atoms with E-state index in [0.29, 0.717) is 12.3 Å². The normalized spacial score (nSPS) is 17.2. The van der Waals surface area contributed by atoms with E-state index in [4.69, 9.17) is 5.73 Å². The Hall–Kier alpha value is -1.35. The Labute approximate surface area is 121 Å². The van der Waals surface area contributed by atoms with Crippen LogP contribution in [0.3, 0.4) is 0 Å². The van der Waals surface area contributed by atoms with E-state index in [9.17, 15) is 4.79 Å². The van der Waals surface area contributed by atoms with Gasteiger partial charge in [-0.1, -0.05) is 45.2 Å². The first-order chi connectivity index (χ1) is 9.65. The molecule has 1 heterocycles. The van der Waals surface area contributed by atoms with Crippen molar-refractivity contribution in [2.75, 3.05) is 5.32 Å². The lowest BCUT2D eigenvalue weighted by Crippen LogP contribution is -2.23. The summed E-state index contributed by atoms with van der Waals surface area (Å²) >= 11 is 0. The van der Waals surface area contributed by atoms with Gasteiger partial charge in [0.25, 0.3) is 0 Å². The molecular formula is C17H26N2O. The van der Waals surface area contributed by atoms with Gasteiger partial charge in [-0.05, 0) is 36.0 Å². The maximum atomic E-state index is 11.4. The van der Waals surface area contributed by atoms with Crippen molar-refractivity contribution in [2.45, 2.75) is 58.4 Å². The third-order valence-electron chi connectivity index (χ3n) is 4.37. The molecule has 2 unspecified atom stereocenters. The molecule has 3 nitrogen and oxygen atoms in total. The Bertz CT molecular complexity index is 470. The molecule has 0 spiro atoms. The first-order valence-corrected chi connectivity index (χ1v) is 7.84. The number of amides is 1. The summed E-state index contributed by atoms with van der Waals surface area (Å²) in [4.78, 5) is 11.4. The molecule has 0 fully saturated rings. The second-order valence-electron chi connectivity index (χ2n) is 5.80. The van der Waals surface area contributed by atoms with Crippen molar-refractivity contribution in [2.24, 2.45) is 11.7 Å². The zero-order valence-electron chi connectivity index (χ0n) is 12.6. The predicted molar refractivity (Wildman–Crippen MR) is 83.6 cm³/mol. The fourth-order valence-corrected chi connectivity index (χ4v) is 2.99. The Morgan fingerprint density at radius 2 is 2.10 bits per heavy atom. The van der Waals surface area contributed by atoms with Gasteiger partial charge in [-0.2, -0.15) is 0 Å². The fourth-order valence-electron chi connectivity index (χ4n) is 2.99. The van der Waals surface area contributed by atoms with Gasteiger partial charge in [-0.15, -0.1) is 0 Å². The highest BCUT2D eigenvalue weighted by Crippen LogP contribution is 2.31. The molecule has 20 heavy (non-hydrogen) atoms. The molecule has 1 aromatic carbocycles. The summed E-state index contributed by atoms with van der Waals surface area (Å²) in [7, 11) is 0. The molecule has 0 radical (unpaired) electrons. The monoisotopic (exact) mass is 274 g/mol. The van der Waals surface area contributed by atoms with E-state index in [1.165, 1.54) is 30.4 Å². The van der Waals surface area contributed by atoms with Gasteiger partial charge in [0.1, 0.15) is 0 Å². The van der Waals surface area contributed by atoms with Crippen LogP contribution in [-0.2, 0) is 11.2 Å². The maximum absolute atomic E-state index is 11.4. The van der Waals surface area contributed by atoms with Crippen LogP contribution in [0.4, 0.5) is 5.69 Å². The second kappa shape index (κ2) is 6.89. The highest BCUT2D eigenvalue weighted by Gasteiger charge is 2.20. The molecule has 0 bridgehead atoms. The summed E-state index contributed by atoms with van der Waals surface area (Å²) in [5, 5.41) is 2.92. The molecule has 3 heteroatoms. The van der Waals surface area contributed by atoms with Crippen molar-refractivity contribution >= 4 is 11.6 Å². The number of benzene rings is 1. The molecule has 2 rings (SSSR count). The van der Waals surface area contributed by atoms with Gasteiger partial charge < -0.3 is 11.1 Å². The number of hydrogen-bond acceptors (Lipinski definition) is 2. The van der Waals surface area contributed by atoms with Crippen LogP contribution in [0.25, 0.3) is 0 Å². The van der Waals surface area contributed by atoms with E-state index in [1.807, 2.05) is 6.07 Å². The third kappa shape index (κ3) is 3.40. The van der Waals surface area contributed by atoms with Crippen molar-refractivity contribution in [3.05, 3.63) is 29.3 Å². The first-order valence-electron chi connectivity index (χ1n) is 7.84. The molecule has 1 aromatic rings. The van der Waals surface area contributed by atoms with Crippen LogP contribution in [-0.4, -0.2) is 5.91 Å². The highest BCUT2D eigenvalue weighted by atomic mass is 16.1. The Kier molecular flexibility index (Phi) is 5.18. The third-order valence-corrected chi connectivity index (χ3v) is 4.37. The van der Waals surface area contributed by atoms with Crippen LogP contribution in [0, 0.1) is 5.92 Å². The molecule has 1 aliphatic heterocycles. The minimum atomic E-state index is 0.106. The molecule has 0 saturated heterocycles. The Morgan fingerprint density at radius 1 is 1.30 bits per heavy atom. The molecule has 0 saturated carbocycles. The van der Waals surface area contributed by atoms with Gasteiger partial charge >= 0.3 is 0 Å². The number of nitrogens with two attached hydrogens (primary N) is 1. The Balaban J connectivity index is 2.13. The van der Waals surface area contributed by atoms with E-state index in [0.717, 1.165) is 18.5 Å². The predicted octanol–water partition coefficient (Wildman–Crippen LogP) is 3.79. The van der Waals surface area contributed by atoms with Crippen molar-refractivity contribution in [1.82, 2.24) is 0 Å². The number of anilines is 1. The van der Waals surface area contributed by atoms with E-state index in [1.54, 1.807) is 0 Å². The van der Waals surface area contributed by atoms with Crippen molar-refractivity contribution in [3.63, 3.8) is 0 Å². The second-order valence-corrected chi connectivity index (χ2v) is 5.80. The molecule has 1 amide bonds. The number of unbranched alkanes of at least 4 members (excludes halogenated alkanes) is 1. The van der Waals surface area contributed by atoms with Crippen LogP contribution in [0.2, 0.25) is 0 Å². The molecule has 3 N–H and O–H groups in total. The summed E-state index contributed by atoms with van der Waals surface area (Å²) in [6.45, 7) is 4.44. The van der Waals surface area contributed by atoms with Gasteiger partial charge in [0.15, 0.2) is 0 Å². The van der Waals surface area contributed by atoms with Crippen molar-refractivity contribution in [3.8, 4) is 0 Å². The lowest BCUT2D eigenvalue weighted by Gasteiger charge is -2.25. The molecule has 110 valence electrons. The van der Waals surface area contributed by atoms with E-state index < -0.39 is 0 Å². The number of aryl methyl sites for hydroxylation is 1. The fraction of sp³-hybridized carbons (Fsp3) is 0.588. The first kappa shape index (κ1) is 15.0. The van der Waals surface area contributed by atoms with E-state index in [-0.39, 0.29) is 11.9 Å². The number of hydrogen-bond donors (Lipinski definition) is 2. The average Bonchev–Trinajstić information content (AvgIpc) is 2.47. The molecule has 1 aliphatic rings. The molecular weight excluding hydrogens is 248 g/mol. The van der Waals surface area contributed by atoms with E-state index >= 15 is 0 Å². The van der Waals surface area contributed by atoms with Crippen LogP contribution in [0.5, 0.6) is 0 Å². The van der Waals surface area contributed by atoms with Crippen LogP contribution >= 0.6 is 0 Å². The molecule has 0 aliphatic carbocycles. The lowest BCUT2D eigenvalue weighted by atomic mass is 9.86. The highest BCUT2D eigenvalue weighted by molar-refractivity contribution is 5.93. The number of fused-ring (bicyclic) bond motifs is 1. The Morgan fingerprint density at radius 3 is 2.80 bits per heavy atom. The van der Waals surface area contributed by atoms with Gasteiger partial charge in [0.2, 0.25) is 5.91 Å². The van der Waals surface area contributed by atoms with Gasteiger partial charge in [-0.25, -0.2) is 0 Å². The van der Waals surface area contributed by atoms with Crippen LogP contribution < -0.4 is 11.1 Å². The largest absolute Gasteiger partial charge is 0.326 e. The number of nitrogens with one attached hydrogen (secondary N) is 1. The smallest absolute Gasteiger partial charge is 0.224 e. The summed E-state index contributed by atoms with van der Waals surface area (Å²) < 4.78 is 0. The number of rotatable bonds is 6. The standard InChI is InChI=1S/C17H26N2O/c1-3-5-6-12(4-2)17(18)14-7-9-15-13(11-14)8-10-16(20)19-15/h7,9,11-12,17H,3-6,8,10,18H2,1-2H3,(H,19,20). The molecule has 2 atom stereocenters. The topological polar surface area (TPSA) is 55.1 Å². The maximum Gasteiger partial charge on any atom is 0.224 e. The SMILES string of the molecule is CCCCC(CC)C(N)c1ccc2c(c1)CCC(=O)N2.